The van der Waals surface area contributed by atoms with Crippen molar-refractivity contribution in [3.05, 3.63) is 24.3 Å². The Morgan fingerprint density at radius 2 is 2.12 bits per heavy atom. The van der Waals surface area contributed by atoms with Crippen LogP contribution in [0, 0.1) is 0 Å². The lowest BCUT2D eigenvalue weighted by atomic mass is 10.2. The molecular weight excluding hydrogens is 218 g/mol. The Morgan fingerprint density at radius 3 is 2.76 bits per heavy atom. The van der Waals surface area contributed by atoms with Crippen LogP contribution < -0.4 is 14.8 Å². The zero-order valence-corrected chi connectivity index (χ0v) is 10.5. The van der Waals surface area contributed by atoms with E-state index >= 15 is 0 Å². The average Bonchev–Trinajstić information content (AvgIpc) is 2.38. The molecule has 4 heteroatoms. The van der Waals surface area contributed by atoms with Gasteiger partial charge in [0.15, 0.2) is 0 Å². The van der Waals surface area contributed by atoms with Gasteiger partial charge in [-0.3, -0.25) is 0 Å². The van der Waals surface area contributed by atoms with Gasteiger partial charge < -0.3 is 19.9 Å². The summed E-state index contributed by atoms with van der Waals surface area (Å²) in [5.41, 5.74) is 0. The molecule has 0 aliphatic heterocycles. The monoisotopic (exact) mass is 239 g/mol. The average molecular weight is 239 g/mol. The van der Waals surface area contributed by atoms with E-state index in [0.29, 0.717) is 6.61 Å². The molecule has 0 heterocycles. The van der Waals surface area contributed by atoms with Crippen molar-refractivity contribution in [3.8, 4) is 11.5 Å². The van der Waals surface area contributed by atoms with Gasteiger partial charge in [-0.15, -0.1) is 0 Å². The lowest BCUT2D eigenvalue weighted by Gasteiger charge is -2.15. The van der Waals surface area contributed by atoms with Gasteiger partial charge in [0.2, 0.25) is 0 Å². The van der Waals surface area contributed by atoms with Gasteiger partial charge in [-0.25, -0.2) is 0 Å². The third-order valence-electron chi connectivity index (χ3n) is 2.49. The number of aliphatic hydroxyl groups is 1. The van der Waals surface area contributed by atoms with Gasteiger partial charge >= 0.3 is 0 Å². The fourth-order valence-electron chi connectivity index (χ4n) is 1.56. The molecule has 0 saturated heterocycles. The first kappa shape index (κ1) is 13.8. The minimum Gasteiger partial charge on any atom is -0.497 e. The van der Waals surface area contributed by atoms with E-state index in [1.54, 1.807) is 7.11 Å². The Kier molecular flexibility index (Phi) is 6.43. The molecule has 1 atom stereocenters. The van der Waals surface area contributed by atoms with Crippen LogP contribution in [0.3, 0.4) is 0 Å². The molecule has 96 valence electrons. The van der Waals surface area contributed by atoms with Crippen LogP contribution >= 0.6 is 0 Å². The summed E-state index contributed by atoms with van der Waals surface area (Å²) >= 11 is 0. The normalized spacial score (nSPS) is 12.2. The van der Waals surface area contributed by atoms with Crippen molar-refractivity contribution in [1.29, 1.82) is 0 Å². The van der Waals surface area contributed by atoms with Gasteiger partial charge in [0.25, 0.3) is 0 Å². The van der Waals surface area contributed by atoms with Crippen LogP contribution in [0.1, 0.15) is 13.3 Å². The zero-order chi connectivity index (χ0) is 12.5. The van der Waals surface area contributed by atoms with E-state index in [2.05, 4.69) is 5.32 Å². The number of rotatable bonds is 8. The SMILES string of the molecule is CCNC(CO)CCOc1cccc(OC)c1. The van der Waals surface area contributed by atoms with Crippen molar-refractivity contribution in [2.24, 2.45) is 0 Å². The number of ether oxygens (including phenoxy) is 2. The molecule has 1 aromatic rings. The molecular formula is C13H21NO3. The standard InChI is InChI=1S/C13H21NO3/c1-3-14-11(10-15)7-8-17-13-6-4-5-12(9-13)16-2/h4-6,9,11,14-15H,3,7-8,10H2,1-2H3. The summed E-state index contributed by atoms with van der Waals surface area (Å²) in [5, 5.41) is 12.3. The highest BCUT2D eigenvalue weighted by molar-refractivity contribution is 5.32. The van der Waals surface area contributed by atoms with E-state index < -0.39 is 0 Å². The van der Waals surface area contributed by atoms with Crippen LogP contribution in [0.15, 0.2) is 24.3 Å². The lowest BCUT2D eigenvalue weighted by Crippen LogP contribution is -2.33. The highest BCUT2D eigenvalue weighted by Gasteiger charge is 2.05. The number of likely N-dealkylation sites (N-methyl/N-ethyl adjacent to an activating group) is 1. The summed E-state index contributed by atoms with van der Waals surface area (Å²) in [4.78, 5) is 0. The second-order valence-electron chi connectivity index (χ2n) is 3.75. The lowest BCUT2D eigenvalue weighted by molar-refractivity contribution is 0.210. The highest BCUT2D eigenvalue weighted by atomic mass is 16.5. The molecule has 2 N–H and O–H groups in total. The van der Waals surface area contributed by atoms with E-state index in [9.17, 15) is 0 Å². The topological polar surface area (TPSA) is 50.7 Å². The molecule has 0 radical (unpaired) electrons. The largest absolute Gasteiger partial charge is 0.497 e. The smallest absolute Gasteiger partial charge is 0.122 e. The van der Waals surface area contributed by atoms with E-state index in [1.165, 1.54) is 0 Å². The zero-order valence-electron chi connectivity index (χ0n) is 10.5. The Bertz CT molecular complexity index is 317. The summed E-state index contributed by atoms with van der Waals surface area (Å²) in [6, 6.07) is 7.61. The molecule has 1 rings (SSSR count). The molecule has 0 aliphatic carbocycles. The number of methoxy groups -OCH3 is 1. The predicted octanol–water partition coefficient (Wildman–Crippen LogP) is 1.43. The maximum absolute atomic E-state index is 9.10. The van der Waals surface area contributed by atoms with Gasteiger partial charge in [-0.1, -0.05) is 13.0 Å². The van der Waals surface area contributed by atoms with Crippen molar-refractivity contribution >= 4 is 0 Å². The molecule has 0 saturated carbocycles. The summed E-state index contributed by atoms with van der Waals surface area (Å²) < 4.78 is 10.7. The Labute approximate surface area is 103 Å². The van der Waals surface area contributed by atoms with Gasteiger partial charge in [0, 0.05) is 12.1 Å². The summed E-state index contributed by atoms with van der Waals surface area (Å²) in [6.45, 7) is 3.58. The molecule has 0 aliphatic rings. The van der Waals surface area contributed by atoms with E-state index in [0.717, 1.165) is 24.5 Å². The molecule has 0 aromatic heterocycles. The van der Waals surface area contributed by atoms with Crippen molar-refractivity contribution in [2.45, 2.75) is 19.4 Å². The molecule has 4 nitrogen and oxygen atoms in total. The first-order valence-corrected chi connectivity index (χ1v) is 5.91. The van der Waals surface area contributed by atoms with Gasteiger partial charge in [-0.2, -0.15) is 0 Å². The highest BCUT2D eigenvalue weighted by Crippen LogP contribution is 2.18. The van der Waals surface area contributed by atoms with Crippen LogP contribution in [0.4, 0.5) is 0 Å². The van der Waals surface area contributed by atoms with Crippen molar-refractivity contribution < 1.29 is 14.6 Å². The minimum atomic E-state index is 0.102. The maximum Gasteiger partial charge on any atom is 0.122 e. The third-order valence-corrected chi connectivity index (χ3v) is 2.49. The molecule has 1 aromatic carbocycles. The van der Waals surface area contributed by atoms with Crippen molar-refractivity contribution in [3.63, 3.8) is 0 Å². The number of nitrogens with one attached hydrogen (secondary N) is 1. The molecule has 0 fully saturated rings. The van der Waals surface area contributed by atoms with Crippen LogP contribution in [0.2, 0.25) is 0 Å². The third kappa shape index (κ3) is 5.06. The van der Waals surface area contributed by atoms with Crippen molar-refractivity contribution in [2.75, 3.05) is 26.9 Å². The van der Waals surface area contributed by atoms with E-state index in [1.807, 2.05) is 31.2 Å². The van der Waals surface area contributed by atoms with Crippen LogP contribution in [-0.2, 0) is 0 Å². The first-order valence-electron chi connectivity index (χ1n) is 5.91. The van der Waals surface area contributed by atoms with E-state index in [4.69, 9.17) is 14.6 Å². The summed E-state index contributed by atoms with van der Waals surface area (Å²) in [6.07, 6.45) is 0.779. The molecule has 0 bridgehead atoms. The Balaban J connectivity index is 2.34. The number of hydrogen-bond donors (Lipinski definition) is 2. The number of hydrogen-bond acceptors (Lipinski definition) is 4. The van der Waals surface area contributed by atoms with Gasteiger partial charge in [-0.05, 0) is 25.1 Å². The second kappa shape index (κ2) is 7.92. The summed E-state index contributed by atoms with van der Waals surface area (Å²) in [7, 11) is 1.63. The molecule has 0 spiro atoms. The van der Waals surface area contributed by atoms with Crippen LogP contribution in [-0.4, -0.2) is 38.0 Å². The number of benzene rings is 1. The fraction of sp³-hybridized carbons (Fsp3) is 0.538. The van der Waals surface area contributed by atoms with E-state index in [-0.39, 0.29) is 12.6 Å². The Hall–Kier alpha value is -1.26. The second-order valence-corrected chi connectivity index (χ2v) is 3.75. The fourth-order valence-corrected chi connectivity index (χ4v) is 1.56. The van der Waals surface area contributed by atoms with Crippen molar-refractivity contribution in [1.82, 2.24) is 5.32 Å². The quantitative estimate of drug-likeness (QED) is 0.720. The van der Waals surface area contributed by atoms with Gasteiger partial charge in [0.05, 0.1) is 20.3 Å². The molecule has 0 amide bonds. The molecule has 17 heavy (non-hydrogen) atoms. The minimum absolute atomic E-state index is 0.102. The Morgan fingerprint density at radius 1 is 1.35 bits per heavy atom. The van der Waals surface area contributed by atoms with Crippen LogP contribution in [0.5, 0.6) is 11.5 Å². The summed E-state index contributed by atoms with van der Waals surface area (Å²) in [5.74, 6) is 1.57. The van der Waals surface area contributed by atoms with Gasteiger partial charge in [0.1, 0.15) is 11.5 Å². The predicted molar refractivity (Wildman–Crippen MR) is 67.7 cm³/mol. The van der Waals surface area contributed by atoms with Crippen LogP contribution in [0.25, 0.3) is 0 Å². The first-order chi connectivity index (χ1) is 8.30. The molecule has 1 unspecified atom stereocenters. The number of aliphatic hydroxyl groups excluding tert-OH is 1. The maximum atomic E-state index is 9.10.